The first-order chi connectivity index (χ1) is 9.91. The van der Waals surface area contributed by atoms with Gasteiger partial charge in [0.1, 0.15) is 0 Å². The van der Waals surface area contributed by atoms with Crippen LogP contribution in [0.25, 0.3) is 0 Å². The molecule has 2 aromatic rings. The largest absolute Gasteiger partial charge is 0.412 e. The Kier molecular flexibility index (Phi) is 4.40. The Labute approximate surface area is 121 Å². The summed E-state index contributed by atoms with van der Waals surface area (Å²) in [4.78, 5) is 0. The van der Waals surface area contributed by atoms with Gasteiger partial charge in [0, 0.05) is 16.9 Å². The second-order valence-electron chi connectivity index (χ2n) is 4.80. The van der Waals surface area contributed by atoms with Gasteiger partial charge in [0.2, 0.25) is 0 Å². The van der Waals surface area contributed by atoms with Crippen LogP contribution in [-0.4, -0.2) is 6.18 Å². The second kappa shape index (κ2) is 6.08. The van der Waals surface area contributed by atoms with E-state index in [1.807, 2.05) is 6.92 Å². The van der Waals surface area contributed by atoms with E-state index in [4.69, 9.17) is 5.73 Å². The topological polar surface area (TPSA) is 38.0 Å². The van der Waals surface area contributed by atoms with Crippen LogP contribution in [-0.2, 0) is 6.42 Å². The zero-order chi connectivity index (χ0) is 15.5. The quantitative estimate of drug-likeness (QED) is 0.812. The predicted molar refractivity (Wildman–Crippen MR) is 79.1 cm³/mol. The molecule has 112 valence electrons. The van der Waals surface area contributed by atoms with Gasteiger partial charge in [0.15, 0.2) is 6.04 Å². The van der Waals surface area contributed by atoms with Gasteiger partial charge in [-0.2, -0.15) is 13.2 Å². The lowest BCUT2D eigenvalue weighted by Gasteiger charge is -2.25. The molecule has 2 nitrogen and oxygen atoms in total. The average Bonchev–Trinajstić information content (AvgIpc) is 2.46. The zero-order valence-corrected chi connectivity index (χ0v) is 11.6. The molecule has 0 amide bonds. The number of hydrogen-bond acceptors (Lipinski definition) is 2. The Balaban J connectivity index is 2.41. The number of nitrogen functional groups attached to an aromatic ring is 1. The Morgan fingerprint density at radius 1 is 1.10 bits per heavy atom. The molecule has 0 heterocycles. The molecule has 0 aliphatic rings. The van der Waals surface area contributed by atoms with Crippen molar-refractivity contribution in [3.63, 3.8) is 0 Å². The maximum Gasteiger partial charge on any atom is 0.412 e. The van der Waals surface area contributed by atoms with Gasteiger partial charge in [-0.25, -0.2) is 0 Å². The number of para-hydroxylation sites is 1. The molecular formula is C16H17F3N2. The standard InChI is InChI=1S/C16H17F3N2/c1-2-11-8-9-14(20)13(10-11)15(16(17,18)19)21-12-6-4-3-5-7-12/h3-10,15,21H,2,20H2,1H3. The first-order valence-electron chi connectivity index (χ1n) is 6.68. The van der Waals surface area contributed by atoms with Crippen molar-refractivity contribution in [3.8, 4) is 0 Å². The number of nitrogens with one attached hydrogen (secondary N) is 1. The van der Waals surface area contributed by atoms with Crippen LogP contribution in [0.1, 0.15) is 24.1 Å². The molecule has 1 unspecified atom stereocenters. The fourth-order valence-electron chi connectivity index (χ4n) is 2.13. The lowest BCUT2D eigenvalue weighted by atomic mass is 10.00. The van der Waals surface area contributed by atoms with Gasteiger partial charge in [-0.15, -0.1) is 0 Å². The summed E-state index contributed by atoms with van der Waals surface area (Å²) in [5, 5.41) is 2.52. The molecule has 0 aliphatic carbocycles. The summed E-state index contributed by atoms with van der Waals surface area (Å²) in [5.41, 5.74) is 7.18. The van der Waals surface area contributed by atoms with Crippen LogP contribution in [0.3, 0.4) is 0 Å². The normalized spacial score (nSPS) is 13.0. The predicted octanol–water partition coefficient (Wildman–Crippen LogP) is 4.55. The van der Waals surface area contributed by atoms with Crippen molar-refractivity contribution in [1.29, 1.82) is 0 Å². The molecule has 0 saturated carbocycles. The number of rotatable bonds is 4. The summed E-state index contributed by atoms with van der Waals surface area (Å²) in [5.74, 6) is 0. The van der Waals surface area contributed by atoms with Crippen molar-refractivity contribution in [1.82, 2.24) is 0 Å². The van der Waals surface area contributed by atoms with Crippen molar-refractivity contribution in [2.75, 3.05) is 11.1 Å². The minimum Gasteiger partial charge on any atom is -0.398 e. The third kappa shape index (κ3) is 3.68. The van der Waals surface area contributed by atoms with Crippen LogP contribution in [0, 0.1) is 0 Å². The second-order valence-corrected chi connectivity index (χ2v) is 4.80. The van der Waals surface area contributed by atoms with Crippen LogP contribution in [0.15, 0.2) is 48.5 Å². The van der Waals surface area contributed by atoms with Gasteiger partial charge in [0.25, 0.3) is 0 Å². The maximum atomic E-state index is 13.4. The minimum absolute atomic E-state index is 0.0608. The molecule has 0 saturated heterocycles. The summed E-state index contributed by atoms with van der Waals surface area (Å²) in [7, 11) is 0. The van der Waals surface area contributed by atoms with Crippen LogP contribution in [0.5, 0.6) is 0 Å². The lowest BCUT2D eigenvalue weighted by Crippen LogP contribution is -2.28. The summed E-state index contributed by atoms with van der Waals surface area (Å²) in [6.45, 7) is 1.89. The third-order valence-corrected chi connectivity index (χ3v) is 3.28. The van der Waals surface area contributed by atoms with E-state index in [9.17, 15) is 13.2 Å². The number of aryl methyl sites for hydroxylation is 1. The van der Waals surface area contributed by atoms with E-state index in [1.54, 1.807) is 36.4 Å². The number of benzene rings is 2. The van der Waals surface area contributed by atoms with Crippen molar-refractivity contribution in [2.24, 2.45) is 0 Å². The van der Waals surface area contributed by atoms with Crippen molar-refractivity contribution in [3.05, 3.63) is 59.7 Å². The van der Waals surface area contributed by atoms with Gasteiger partial charge >= 0.3 is 6.18 Å². The molecule has 21 heavy (non-hydrogen) atoms. The molecule has 0 bridgehead atoms. The molecule has 3 N–H and O–H groups in total. The van der Waals surface area contributed by atoms with Crippen LogP contribution in [0.4, 0.5) is 24.5 Å². The van der Waals surface area contributed by atoms with Gasteiger partial charge in [0.05, 0.1) is 0 Å². The zero-order valence-electron chi connectivity index (χ0n) is 11.6. The van der Waals surface area contributed by atoms with E-state index >= 15 is 0 Å². The molecule has 2 aromatic carbocycles. The van der Waals surface area contributed by atoms with Crippen LogP contribution < -0.4 is 11.1 Å². The van der Waals surface area contributed by atoms with Crippen molar-refractivity contribution >= 4 is 11.4 Å². The maximum absolute atomic E-state index is 13.4. The average molecular weight is 294 g/mol. The van der Waals surface area contributed by atoms with Gasteiger partial charge < -0.3 is 11.1 Å². The Morgan fingerprint density at radius 3 is 2.33 bits per heavy atom. The number of nitrogens with two attached hydrogens (primary N) is 1. The van der Waals surface area contributed by atoms with Crippen LogP contribution >= 0.6 is 0 Å². The van der Waals surface area contributed by atoms with E-state index in [-0.39, 0.29) is 11.3 Å². The highest BCUT2D eigenvalue weighted by atomic mass is 19.4. The number of halogens is 3. The highest BCUT2D eigenvalue weighted by molar-refractivity contribution is 5.55. The Bertz CT molecular complexity index is 594. The van der Waals surface area contributed by atoms with E-state index in [2.05, 4.69) is 5.32 Å². The highest BCUT2D eigenvalue weighted by Gasteiger charge is 2.41. The molecule has 0 radical (unpaired) electrons. The Morgan fingerprint density at radius 2 is 1.76 bits per heavy atom. The summed E-state index contributed by atoms with van der Waals surface area (Å²) >= 11 is 0. The highest BCUT2D eigenvalue weighted by Crippen LogP contribution is 2.38. The summed E-state index contributed by atoms with van der Waals surface area (Å²) in [6, 6.07) is 11.3. The molecule has 0 aromatic heterocycles. The molecule has 5 heteroatoms. The molecule has 0 spiro atoms. The van der Waals surface area contributed by atoms with E-state index in [0.717, 1.165) is 5.56 Å². The molecular weight excluding hydrogens is 277 g/mol. The van der Waals surface area contributed by atoms with Gasteiger partial charge in [-0.05, 0) is 30.2 Å². The van der Waals surface area contributed by atoms with Crippen LogP contribution in [0.2, 0.25) is 0 Å². The number of hydrogen-bond donors (Lipinski definition) is 2. The fourth-order valence-corrected chi connectivity index (χ4v) is 2.13. The van der Waals surface area contributed by atoms with E-state index in [1.165, 1.54) is 12.1 Å². The monoisotopic (exact) mass is 294 g/mol. The Hall–Kier alpha value is -2.17. The lowest BCUT2D eigenvalue weighted by molar-refractivity contribution is -0.143. The van der Waals surface area contributed by atoms with Crippen molar-refractivity contribution < 1.29 is 13.2 Å². The minimum atomic E-state index is -4.43. The van der Waals surface area contributed by atoms with Gasteiger partial charge in [-0.3, -0.25) is 0 Å². The van der Waals surface area contributed by atoms with Crippen molar-refractivity contribution in [2.45, 2.75) is 25.6 Å². The molecule has 0 aliphatic heterocycles. The fraction of sp³-hybridized carbons (Fsp3) is 0.250. The number of alkyl halides is 3. The SMILES string of the molecule is CCc1ccc(N)c(C(Nc2ccccc2)C(F)(F)F)c1. The summed E-state index contributed by atoms with van der Waals surface area (Å²) in [6.07, 6.45) is -3.78. The molecule has 1 atom stereocenters. The smallest absolute Gasteiger partial charge is 0.398 e. The first-order valence-corrected chi connectivity index (χ1v) is 6.68. The molecule has 2 rings (SSSR count). The third-order valence-electron chi connectivity index (χ3n) is 3.28. The number of anilines is 2. The molecule has 0 fully saturated rings. The van der Waals surface area contributed by atoms with E-state index in [0.29, 0.717) is 12.1 Å². The first kappa shape index (κ1) is 15.2. The van der Waals surface area contributed by atoms with E-state index < -0.39 is 12.2 Å². The van der Waals surface area contributed by atoms with Gasteiger partial charge in [-0.1, -0.05) is 37.3 Å². The summed E-state index contributed by atoms with van der Waals surface area (Å²) < 4.78 is 40.2.